The van der Waals surface area contributed by atoms with E-state index in [9.17, 15) is 9.59 Å². The third-order valence-corrected chi connectivity index (χ3v) is 6.19. The summed E-state index contributed by atoms with van der Waals surface area (Å²) < 4.78 is 0.980. The monoisotopic (exact) mass is 423 g/mol. The van der Waals surface area contributed by atoms with E-state index in [2.05, 4.69) is 25.9 Å². The third-order valence-electron chi connectivity index (χ3n) is 3.52. The summed E-state index contributed by atoms with van der Waals surface area (Å²) in [6, 6.07) is 7.77. The van der Waals surface area contributed by atoms with Crippen molar-refractivity contribution < 1.29 is 4.79 Å². The average molecular weight is 424 g/mol. The lowest BCUT2D eigenvalue weighted by atomic mass is 10.1. The van der Waals surface area contributed by atoms with Gasteiger partial charge in [-0.25, -0.2) is 4.98 Å². The van der Waals surface area contributed by atoms with Crippen molar-refractivity contribution in [2.45, 2.75) is 23.8 Å². The van der Waals surface area contributed by atoms with Crippen LogP contribution in [0.25, 0.3) is 21.3 Å². The molecule has 0 spiro atoms. The number of carbonyl (C=O) groups excluding carboxylic acids is 1. The van der Waals surface area contributed by atoms with Crippen LogP contribution in [0.1, 0.15) is 13.3 Å². The summed E-state index contributed by atoms with van der Waals surface area (Å²) in [6.45, 7) is 1.87. The first kappa shape index (κ1) is 17.2. The van der Waals surface area contributed by atoms with Gasteiger partial charge in [0, 0.05) is 15.4 Å². The van der Waals surface area contributed by atoms with E-state index >= 15 is 0 Å². The van der Waals surface area contributed by atoms with Crippen molar-refractivity contribution in [2.24, 2.45) is 5.73 Å². The number of thiophene rings is 1. The van der Waals surface area contributed by atoms with Gasteiger partial charge in [0.15, 0.2) is 5.16 Å². The number of aromatic amines is 1. The van der Waals surface area contributed by atoms with Gasteiger partial charge in [0.1, 0.15) is 4.83 Å². The van der Waals surface area contributed by atoms with Gasteiger partial charge >= 0.3 is 0 Å². The molecule has 0 aliphatic heterocycles. The number of thioether (sulfide) groups is 1. The molecule has 124 valence electrons. The van der Waals surface area contributed by atoms with Crippen LogP contribution in [-0.2, 0) is 4.79 Å². The quantitative estimate of drug-likeness (QED) is 0.482. The Morgan fingerprint density at radius 2 is 2.12 bits per heavy atom. The molecular weight excluding hydrogens is 410 g/mol. The van der Waals surface area contributed by atoms with Crippen LogP contribution in [0.15, 0.2) is 44.1 Å². The van der Waals surface area contributed by atoms with Crippen LogP contribution in [0.3, 0.4) is 0 Å². The van der Waals surface area contributed by atoms with Gasteiger partial charge in [0.2, 0.25) is 5.91 Å². The van der Waals surface area contributed by atoms with Gasteiger partial charge in [-0.3, -0.25) is 9.59 Å². The zero-order valence-electron chi connectivity index (χ0n) is 12.7. The van der Waals surface area contributed by atoms with Gasteiger partial charge in [-0.05, 0) is 24.1 Å². The van der Waals surface area contributed by atoms with Crippen molar-refractivity contribution in [2.75, 3.05) is 0 Å². The minimum atomic E-state index is -0.410. The number of carbonyl (C=O) groups is 1. The minimum Gasteiger partial charge on any atom is -0.369 e. The van der Waals surface area contributed by atoms with Crippen molar-refractivity contribution in [3.8, 4) is 11.1 Å². The van der Waals surface area contributed by atoms with Crippen LogP contribution in [-0.4, -0.2) is 21.1 Å². The van der Waals surface area contributed by atoms with Crippen LogP contribution in [0.4, 0.5) is 0 Å². The molecule has 1 atom stereocenters. The summed E-state index contributed by atoms with van der Waals surface area (Å²) in [7, 11) is 0. The van der Waals surface area contributed by atoms with Crippen molar-refractivity contribution in [1.29, 1.82) is 0 Å². The number of nitrogens with one attached hydrogen (secondary N) is 1. The van der Waals surface area contributed by atoms with E-state index in [-0.39, 0.29) is 5.56 Å². The maximum Gasteiger partial charge on any atom is 0.260 e. The molecule has 8 heteroatoms. The normalized spacial score (nSPS) is 12.4. The lowest BCUT2D eigenvalue weighted by Gasteiger charge is -2.09. The Morgan fingerprint density at radius 1 is 1.42 bits per heavy atom. The van der Waals surface area contributed by atoms with Crippen LogP contribution in [0, 0.1) is 0 Å². The highest BCUT2D eigenvalue weighted by Gasteiger charge is 2.18. The number of amides is 1. The number of H-pyrrole nitrogens is 1. The second kappa shape index (κ2) is 7.08. The zero-order chi connectivity index (χ0) is 17.3. The fourth-order valence-corrected chi connectivity index (χ4v) is 4.42. The second-order valence-electron chi connectivity index (χ2n) is 5.12. The number of hydrogen-bond donors (Lipinski definition) is 2. The predicted molar refractivity (Wildman–Crippen MR) is 103 cm³/mol. The SMILES string of the molecule is CCC(Sc1nc2scc(-c3ccc(Br)cc3)c2c(=O)[nH]1)C(N)=O. The number of hydrogen-bond acceptors (Lipinski definition) is 5. The van der Waals surface area contributed by atoms with E-state index in [0.717, 1.165) is 15.6 Å². The number of fused-ring (bicyclic) bond motifs is 1. The lowest BCUT2D eigenvalue weighted by Crippen LogP contribution is -2.25. The van der Waals surface area contributed by atoms with E-state index in [1.807, 2.05) is 36.6 Å². The molecule has 0 saturated heterocycles. The molecular formula is C16H14BrN3O2S2. The molecule has 0 radical (unpaired) electrons. The van der Waals surface area contributed by atoms with Gasteiger partial charge in [0.25, 0.3) is 5.56 Å². The highest BCUT2D eigenvalue weighted by molar-refractivity contribution is 9.10. The van der Waals surface area contributed by atoms with Crippen molar-refractivity contribution >= 4 is 55.2 Å². The number of primary amides is 1. The molecule has 0 saturated carbocycles. The standard InChI is InChI=1S/C16H14BrN3O2S2/c1-2-11(13(18)21)24-16-19-14(22)12-10(7-23-15(12)20-16)8-3-5-9(17)6-4-8/h3-7,11H,2H2,1H3,(H2,18,21)(H,19,20,22). The fourth-order valence-electron chi connectivity index (χ4n) is 2.30. The largest absolute Gasteiger partial charge is 0.369 e. The van der Waals surface area contributed by atoms with Gasteiger partial charge in [-0.1, -0.05) is 46.7 Å². The molecule has 1 aromatic carbocycles. The van der Waals surface area contributed by atoms with E-state index in [4.69, 9.17) is 5.73 Å². The summed E-state index contributed by atoms with van der Waals surface area (Å²) in [5.41, 5.74) is 6.97. The van der Waals surface area contributed by atoms with Gasteiger partial charge < -0.3 is 10.7 Å². The number of rotatable bonds is 5. The second-order valence-corrected chi connectivity index (χ2v) is 8.09. The molecule has 0 fully saturated rings. The predicted octanol–water partition coefficient (Wildman–Crippen LogP) is 3.77. The highest BCUT2D eigenvalue weighted by Crippen LogP contribution is 2.32. The maximum atomic E-state index is 12.5. The Morgan fingerprint density at radius 3 is 2.75 bits per heavy atom. The Balaban J connectivity index is 2.04. The number of nitrogens with zero attached hydrogens (tertiary/aromatic N) is 1. The molecule has 1 unspecified atom stereocenters. The van der Waals surface area contributed by atoms with Gasteiger partial charge in [-0.2, -0.15) is 0 Å². The van der Waals surface area contributed by atoms with Crippen LogP contribution < -0.4 is 11.3 Å². The number of aromatic nitrogens is 2. The molecule has 0 aliphatic rings. The Kier molecular flexibility index (Phi) is 5.07. The first-order valence-corrected chi connectivity index (χ1v) is 9.78. The lowest BCUT2D eigenvalue weighted by molar-refractivity contribution is -0.117. The Hall–Kier alpha value is -1.64. The summed E-state index contributed by atoms with van der Waals surface area (Å²) in [5.74, 6) is -0.410. The minimum absolute atomic E-state index is 0.207. The van der Waals surface area contributed by atoms with E-state index in [0.29, 0.717) is 21.8 Å². The van der Waals surface area contributed by atoms with Gasteiger partial charge in [0.05, 0.1) is 10.6 Å². The zero-order valence-corrected chi connectivity index (χ0v) is 15.9. The Labute approximate surface area is 154 Å². The van der Waals surface area contributed by atoms with E-state index in [1.54, 1.807) is 0 Å². The molecule has 3 N–H and O–H groups in total. The van der Waals surface area contributed by atoms with E-state index < -0.39 is 11.2 Å². The van der Waals surface area contributed by atoms with Crippen LogP contribution in [0.5, 0.6) is 0 Å². The molecule has 3 rings (SSSR count). The topological polar surface area (TPSA) is 88.8 Å². The number of nitrogens with two attached hydrogens (primary N) is 1. The molecule has 3 aromatic rings. The first-order valence-electron chi connectivity index (χ1n) is 7.23. The van der Waals surface area contributed by atoms with Crippen molar-refractivity contribution in [3.63, 3.8) is 0 Å². The highest BCUT2D eigenvalue weighted by atomic mass is 79.9. The number of benzene rings is 1. The molecule has 1 amide bonds. The molecule has 2 heterocycles. The molecule has 0 bridgehead atoms. The summed E-state index contributed by atoms with van der Waals surface area (Å²) in [4.78, 5) is 31.8. The van der Waals surface area contributed by atoms with E-state index in [1.165, 1.54) is 23.1 Å². The maximum absolute atomic E-state index is 12.5. The third kappa shape index (κ3) is 3.40. The van der Waals surface area contributed by atoms with Crippen molar-refractivity contribution in [1.82, 2.24) is 9.97 Å². The van der Waals surface area contributed by atoms with Gasteiger partial charge in [-0.15, -0.1) is 11.3 Å². The van der Waals surface area contributed by atoms with Crippen molar-refractivity contribution in [3.05, 3.63) is 44.5 Å². The van der Waals surface area contributed by atoms with Crippen LogP contribution in [0.2, 0.25) is 0 Å². The Bertz CT molecular complexity index is 950. The molecule has 5 nitrogen and oxygen atoms in total. The van der Waals surface area contributed by atoms with Crippen LogP contribution >= 0.6 is 39.0 Å². The molecule has 24 heavy (non-hydrogen) atoms. The first-order chi connectivity index (χ1) is 11.5. The number of halogens is 1. The average Bonchev–Trinajstić information content (AvgIpc) is 2.97. The smallest absolute Gasteiger partial charge is 0.260 e. The fraction of sp³-hybridized carbons (Fsp3) is 0.188. The summed E-state index contributed by atoms with van der Waals surface area (Å²) in [6.07, 6.45) is 0.580. The summed E-state index contributed by atoms with van der Waals surface area (Å²) >= 11 is 6.01. The molecule has 2 aromatic heterocycles. The summed E-state index contributed by atoms with van der Waals surface area (Å²) in [5, 5.41) is 2.51. The molecule has 0 aliphatic carbocycles.